The Labute approximate surface area is 282 Å². The molecule has 10 rings (SSSR count). The van der Waals surface area contributed by atoms with Gasteiger partial charge in [-0.25, -0.2) is 9.97 Å². The third kappa shape index (κ3) is 4.59. The minimum absolute atomic E-state index is 0.658. The topological polar surface area (TPSA) is 38.9 Å². The summed E-state index contributed by atoms with van der Waals surface area (Å²) in [7, 11) is 0. The molecule has 0 unspecified atom stereocenters. The monoisotopic (exact) mass is 624 g/mol. The Hall–Kier alpha value is -6.58. The van der Waals surface area contributed by atoms with Crippen LogP contribution >= 0.6 is 0 Å². The van der Waals surface area contributed by atoms with E-state index in [2.05, 4.69) is 146 Å². The van der Waals surface area contributed by atoms with E-state index in [0.29, 0.717) is 5.82 Å². The third-order valence-corrected chi connectivity index (χ3v) is 9.66. The van der Waals surface area contributed by atoms with Gasteiger partial charge < -0.3 is 4.42 Å². The molecule has 0 amide bonds. The molecule has 0 saturated heterocycles. The largest absolute Gasteiger partial charge is 0.456 e. The SMILES string of the molecule is c1ccc(-c2cccc(-c3cc(-c4ccccc4)nc(-c4ccc5c(c4)oc4cc6c7ccccc7c7ccccc7c6cc45)n3)c2)cc1. The first-order valence-electron chi connectivity index (χ1n) is 16.6. The molecule has 0 N–H and O–H groups in total. The van der Waals surface area contributed by atoms with Gasteiger partial charge in [-0.05, 0) is 79.8 Å². The Kier molecular flexibility index (Phi) is 6.18. The van der Waals surface area contributed by atoms with Crippen LogP contribution in [0.3, 0.4) is 0 Å². The van der Waals surface area contributed by atoms with Gasteiger partial charge in [-0.3, -0.25) is 0 Å². The van der Waals surface area contributed by atoms with Crippen LogP contribution in [0.1, 0.15) is 0 Å². The highest BCUT2D eigenvalue weighted by molar-refractivity contribution is 6.28. The van der Waals surface area contributed by atoms with Crippen molar-refractivity contribution in [1.82, 2.24) is 9.97 Å². The number of nitrogens with zero attached hydrogens (tertiary/aromatic N) is 2. The van der Waals surface area contributed by atoms with Crippen molar-refractivity contribution in [3.8, 4) is 45.0 Å². The first kappa shape index (κ1) is 27.5. The van der Waals surface area contributed by atoms with E-state index in [1.807, 2.05) is 24.3 Å². The van der Waals surface area contributed by atoms with E-state index in [4.69, 9.17) is 14.4 Å². The maximum absolute atomic E-state index is 6.62. The van der Waals surface area contributed by atoms with E-state index in [1.54, 1.807) is 0 Å². The van der Waals surface area contributed by atoms with E-state index >= 15 is 0 Å². The third-order valence-electron chi connectivity index (χ3n) is 9.66. The lowest BCUT2D eigenvalue weighted by molar-refractivity contribution is 0.669. The van der Waals surface area contributed by atoms with Crippen LogP contribution in [-0.2, 0) is 0 Å². The predicted molar refractivity (Wildman–Crippen MR) is 204 cm³/mol. The Morgan fingerprint density at radius 2 is 0.816 bits per heavy atom. The van der Waals surface area contributed by atoms with Crippen LogP contribution in [0.25, 0.3) is 99.3 Å². The number of fused-ring (bicyclic) bond motifs is 9. The summed E-state index contributed by atoms with van der Waals surface area (Å²) in [5.74, 6) is 0.658. The molecule has 3 nitrogen and oxygen atoms in total. The minimum Gasteiger partial charge on any atom is -0.456 e. The molecule has 3 heteroatoms. The van der Waals surface area contributed by atoms with Gasteiger partial charge in [0.2, 0.25) is 0 Å². The molecule has 0 aliphatic carbocycles. The van der Waals surface area contributed by atoms with Crippen molar-refractivity contribution < 1.29 is 4.42 Å². The van der Waals surface area contributed by atoms with Crippen molar-refractivity contribution in [2.24, 2.45) is 0 Å². The van der Waals surface area contributed by atoms with Crippen molar-refractivity contribution in [3.05, 3.63) is 170 Å². The van der Waals surface area contributed by atoms with Crippen LogP contribution in [-0.4, -0.2) is 9.97 Å². The molecule has 0 bridgehead atoms. The normalized spacial score (nSPS) is 11.7. The summed E-state index contributed by atoms with van der Waals surface area (Å²) >= 11 is 0. The molecule has 0 saturated carbocycles. The van der Waals surface area contributed by atoms with Crippen molar-refractivity contribution in [2.75, 3.05) is 0 Å². The van der Waals surface area contributed by atoms with Gasteiger partial charge in [0, 0.05) is 27.5 Å². The summed E-state index contributed by atoms with van der Waals surface area (Å²) in [6.45, 7) is 0. The van der Waals surface area contributed by atoms with Gasteiger partial charge in [-0.15, -0.1) is 0 Å². The molecule has 2 heterocycles. The summed E-state index contributed by atoms with van der Waals surface area (Å²) in [5, 5.41) is 9.61. The molecule has 0 atom stereocenters. The summed E-state index contributed by atoms with van der Waals surface area (Å²) in [5.41, 5.74) is 8.75. The van der Waals surface area contributed by atoms with Gasteiger partial charge in [0.15, 0.2) is 5.82 Å². The first-order chi connectivity index (χ1) is 24.3. The van der Waals surface area contributed by atoms with Gasteiger partial charge in [-0.2, -0.15) is 0 Å². The summed E-state index contributed by atoms with van der Waals surface area (Å²) < 4.78 is 6.62. The molecule has 2 aromatic heterocycles. The number of hydrogen-bond acceptors (Lipinski definition) is 3. The van der Waals surface area contributed by atoms with E-state index in [1.165, 1.54) is 37.9 Å². The average Bonchev–Trinajstić information content (AvgIpc) is 3.55. The molecule has 0 spiro atoms. The number of furan rings is 1. The Balaban J connectivity index is 1.16. The zero-order chi connectivity index (χ0) is 32.3. The van der Waals surface area contributed by atoms with Gasteiger partial charge in [0.1, 0.15) is 11.2 Å². The highest BCUT2D eigenvalue weighted by atomic mass is 16.3. The fourth-order valence-electron chi connectivity index (χ4n) is 7.28. The van der Waals surface area contributed by atoms with Gasteiger partial charge in [0.25, 0.3) is 0 Å². The summed E-state index contributed by atoms with van der Waals surface area (Å²) in [4.78, 5) is 10.3. The molecule has 8 aromatic carbocycles. The van der Waals surface area contributed by atoms with Crippen LogP contribution in [0.2, 0.25) is 0 Å². The number of hydrogen-bond donors (Lipinski definition) is 0. The molecular weight excluding hydrogens is 597 g/mol. The highest BCUT2D eigenvalue weighted by Crippen LogP contribution is 2.40. The standard InChI is InChI=1S/C46H28N2O/c1-3-12-29(13-4-1)31-16-11-17-32(24-31)43-28-42(30-14-5-2-6-15-30)47-46(48-43)33-22-23-38-41-26-39-36-20-9-7-18-34(36)35-19-8-10-21-37(35)40(39)27-45(41)49-44(38)25-33/h1-28H. The first-order valence-corrected chi connectivity index (χ1v) is 16.6. The second-order valence-corrected chi connectivity index (χ2v) is 12.6. The molecule has 49 heavy (non-hydrogen) atoms. The van der Waals surface area contributed by atoms with Crippen LogP contribution < -0.4 is 0 Å². The van der Waals surface area contributed by atoms with Crippen molar-refractivity contribution >= 4 is 54.3 Å². The minimum atomic E-state index is 0.658. The molecule has 228 valence electrons. The molecule has 0 fully saturated rings. The van der Waals surface area contributed by atoms with E-state index < -0.39 is 0 Å². The molecular formula is C46H28N2O. The maximum atomic E-state index is 6.62. The lowest BCUT2D eigenvalue weighted by Gasteiger charge is -2.11. The van der Waals surface area contributed by atoms with E-state index in [-0.39, 0.29) is 0 Å². The molecule has 0 aliphatic rings. The lowest BCUT2D eigenvalue weighted by Crippen LogP contribution is -1.96. The van der Waals surface area contributed by atoms with Crippen molar-refractivity contribution in [1.29, 1.82) is 0 Å². The lowest BCUT2D eigenvalue weighted by atomic mass is 9.93. The number of rotatable bonds is 4. The quantitative estimate of drug-likeness (QED) is 0.183. The summed E-state index contributed by atoms with van der Waals surface area (Å²) in [6.07, 6.45) is 0. The zero-order valence-corrected chi connectivity index (χ0v) is 26.5. The van der Waals surface area contributed by atoms with Crippen molar-refractivity contribution in [2.45, 2.75) is 0 Å². The van der Waals surface area contributed by atoms with Gasteiger partial charge >= 0.3 is 0 Å². The van der Waals surface area contributed by atoms with Crippen LogP contribution in [0.5, 0.6) is 0 Å². The van der Waals surface area contributed by atoms with Gasteiger partial charge in [0.05, 0.1) is 11.4 Å². The smallest absolute Gasteiger partial charge is 0.160 e. The molecule has 0 radical (unpaired) electrons. The predicted octanol–water partition coefficient (Wildman–Crippen LogP) is 12.5. The highest BCUT2D eigenvalue weighted by Gasteiger charge is 2.16. The Morgan fingerprint density at radius 3 is 1.51 bits per heavy atom. The second-order valence-electron chi connectivity index (χ2n) is 12.6. The van der Waals surface area contributed by atoms with Crippen LogP contribution in [0.4, 0.5) is 0 Å². The zero-order valence-electron chi connectivity index (χ0n) is 26.5. The number of aromatic nitrogens is 2. The second kappa shape index (κ2) is 11.0. The Bertz CT molecular complexity index is 2870. The fraction of sp³-hybridized carbons (Fsp3) is 0. The number of benzene rings is 8. The van der Waals surface area contributed by atoms with Gasteiger partial charge in [-0.1, -0.05) is 133 Å². The van der Waals surface area contributed by atoms with E-state index in [9.17, 15) is 0 Å². The maximum Gasteiger partial charge on any atom is 0.160 e. The fourth-order valence-corrected chi connectivity index (χ4v) is 7.28. The van der Waals surface area contributed by atoms with Crippen LogP contribution in [0, 0.1) is 0 Å². The summed E-state index contributed by atoms with van der Waals surface area (Å²) in [6, 6.07) is 59.6. The molecule has 0 aliphatic heterocycles. The Morgan fingerprint density at radius 1 is 0.286 bits per heavy atom. The van der Waals surface area contributed by atoms with E-state index in [0.717, 1.165) is 55.6 Å². The van der Waals surface area contributed by atoms with Crippen LogP contribution in [0.15, 0.2) is 174 Å². The molecule has 10 aromatic rings. The average molecular weight is 625 g/mol. The van der Waals surface area contributed by atoms with Crippen molar-refractivity contribution in [3.63, 3.8) is 0 Å².